The van der Waals surface area contributed by atoms with E-state index in [-0.39, 0.29) is 0 Å². The van der Waals surface area contributed by atoms with Crippen LogP contribution in [0.15, 0.2) is 36.5 Å². The van der Waals surface area contributed by atoms with E-state index >= 15 is 0 Å². The van der Waals surface area contributed by atoms with E-state index in [1.165, 1.54) is 69.9 Å². The lowest BCUT2D eigenvalue weighted by Gasteiger charge is -2.41. The van der Waals surface area contributed by atoms with Gasteiger partial charge in [-0.3, -0.25) is 0 Å². The minimum absolute atomic E-state index is 0.818. The summed E-state index contributed by atoms with van der Waals surface area (Å²) in [5, 5.41) is 0. The predicted octanol–water partition coefficient (Wildman–Crippen LogP) is 12.7. The lowest BCUT2D eigenvalue weighted by molar-refractivity contribution is 0.314. The van der Waals surface area contributed by atoms with Gasteiger partial charge < -0.3 is 16.5 Å². The minimum atomic E-state index is -2.22. The molecule has 0 aliphatic heterocycles. The highest BCUT2D eigenvalue weighted by atomic mass is 28.5. The van der Waals surface area contributed by atoms with Gasteiger partial charge in [-0.1, -0.05) is 49.3 Å². The van der Waals surface area contributed by atoms with E-state index in [0.29, 0.717) is 0 Å². The van der Waals surface area contributed by atoms with E-state index < -0.39 is 50.4 Å². The fourth-order valence-electron chi connectivity index (χ4n) is 11.1. The molecule has 0 radical (unpaired) electrons. The second-order valence-corrected chi connectivity index (χ2v) is 46.7. The summed E-state index contributed by atoms with van der Waals surface area (Å²) in [5.74, 6) is 8.10. The van der Waals surface area contributed by atoms with Crippen LogP contribution in [0.4, 0.5) is 0 Å². The Bertz CT molecular complexity index is 1190. The van der Waals surface area contributed by atoms with Gasteiger partial charge in [0, 0.05) is 0 Å². The van der Waals surface area contributed by atoms with Crippen LogP contribution in [0.2, 0.25) is 103 Å². The molecule has 0 aromatic heterocycles. The molecule has 286 valence electrons. The van der Waals surface area contributed by atoms with E-state index in [9.17, 15) is 0 Å². The van der Waals surface area contributed by atoms with Crippen molar-refractivity contribution in [1.29, 1.82) is 0 Å². The molecule has 6 aliphatic rings. The first-order chi connectivity index (χ1) is 23.0. The van der Waals surface area contributed by atoms with Gasteiger partial charge in [-0.15, -0.1) is 0 Å². The van der Waals surface area contributed by atoms with Gasteiger partial charge in [0.1, 0.15) is 0 Å². The van der Waals surface area contributed by atoms with Crippen LogP contribution in [-0.2, 0) is 16.5 Å². The SMILES string of the molecule is C[Si](C)(C)O[Si](C)(C)O[Si](C)(CCC1CC2C=CC1C2)O[Si](C)(C)C.C[Si](C)(CCC1CC2C=CC1C2)O[Si](C)(C)CCC1CC2C=CC1C2. The third-order valence-corrected chi connectivity index (χ3v) is 33.4. The Balaban J connectivity index is 0.000000194. The van der Waals surface area contributed by atoms with Crippen molar-refractivity contribution in [2.45, 2.75) is 161 Å². The first-order valence-electron chi connectivity index (χ1n) is 20.8. The third-order valence-electron chi connectivity index (χ3n) is 12.5. The summed E-state index contributed by atoms with van der Waals surface area (Å²) < 4.78 is 26.9. The summed E-state index contributed by atoms with van der Waals surface area (Å²) in [7, 11) is -10.6. The van der Waals surface area contributed by atoms with Gasteiger partial charge in [0.05, 0.1) is 0 Å². The molecule has 0 heterocycles. The average Bonchev–Trinajstić information content (AvgIpc) is 3.80. The first kappa shape index (κ1) is 41.5. The van der Waals surface area contributed by atoms with Gasteiger partial charge in [0.15, 0.2) is 33.3 Å². The molecule has 10 atom stereocenters. The standard InChI is InChI=1S/C22H38OSi2.C18H40O3Si4/c1-24(2,11-9-21-15-17-5-7-19(21)13-17)23-25(3,4)12-10-22-16-18-6-8-20(22)14-18;1-22(2,3)19-24(7,8)21-25(9,20-23(4,5)6)13-12-18-15-16-10-11-17(18)14-16/h5-8,17-22H,9-16H2,1-4H3;10-11,16-18H,12-15H2,1-9H3. The van der Waals surface area contributed by atoms with Crippen LogP contribution < -0.4 is 0 Å². The molecule has 6 aliphatic carbocycles. The summed E-state index contributed by atoms with van der Waals surface area (Å²) in [6.07, 6.45) is 27.6. The Labute approximate surface area is 316 Å². The highest BCUT2D eigenvalue weighted by Gasteiger charge is 2.46. The van der Waals surface area contributed by atoms with Crippen molar-refractivity contribution in [3.63, 3.8) is 0 Å². The van der Waals surface area contributed by atoms with Crippen LogP contribution in [0.3, 0.4) is 0 Å². The maximum Gasteiger partial charge on any atom is 0.315 e. The fraction of sp³-hybridized carbons (Fsp3) is 0.850. The second-order valence-electron chi connectivity index (χ2n) is 21.4. The normalized spacial score (nSPS) is 34.1. The lowest BCUT2D eigenvalue weighted by atomic mass is 9.91. The van der Waals surface area contributed by atoms with Gasteiger partial charge in [-0.25, -0.2) is 0 Å². The smallest absolute Gasteiger partial charge is 0.315 e. The van der Waals surface area contributed by atoms with Crippen molar-refractivity contribution >= 4 is 50.4 Å². The predicted molar refractivity (Wildman–Crippen MR) is 230 cm³/mol. The van der Waals surface area contributed by atoms with E-state index in [1.54, 1.807) is 0 Å². The number of rotatable bonds is 17. The van der Waals surface area contributed by atoms with E-state index in [1.807, 2.05) is 0 Å². The topological polar surface area (TPSA) is 36.9 Å². The van der Waals surface area contributed by atoms with Crippen molar-refractivity contribution < 1.29 is 16.5 Å². The van der Waals surface area contributed by atoms with E-state index in [4.69, 9.17) is 16.5 Å². The first-order valence-corrected chi connectivity index (χ1v) is 39.2. The highest BCUT2D eigenvalue weighted by Crippen LogP contribution is 2.48. The summed E-state index contributed by atoms with van der Waals surface area (Å²) in [5.41, 5.74) is 0. The van der Waals surface area contributed by atoms with Crippen molar-refractivity contribution in [1.82, 2.24) is 0 Å². The average molecular weight is 792 g/mol. The number of hydrogen-bond donors (Lipinski definition) is 0. The van der Waals surface area contributed by atoms with Crippen LogP contribution in [0.1, 0.15) is 57.8 Å². The molecule has 0 amide bonds. The van der Waals surface area contributed by atoms with Crippen LogP contribution in [0.5, 0.6) is 0 Å². The van der Waals surface area contributed by atoms with Crippen molar-refractivity contribution in [2.75, 3.05) is 0 Å². The quantitative estimate of drug-likeness (QED) is 0.109. The van der Waals surface area contributed by atoms with Gasteiger partial charge in [-0.05, 0) is 201 Å². The third kappa shape index (κ3) is 12.4. The Hall–Kier alpha value is 0.361. The zero-order valence-corrected chi connectivity index (χ0v) is 40.8. The molecule has 10 unspecified atom stereocenters. The number of fused-ring (bicyclic) bond motifs is 6. The van der Waals surface area contributed by atoms with Gasteiger partial charge in [-0.2, -0.15) is 0 Å². The zero-order chi connectivity index (χ0) is 36.8. The molecule has 0 saturated heterocycles. The molecule has 3 saturated carbocycles. The molecule has 4 nitrogen and oxygen atoms in total. The molecule has 10 heteroatoms. The van der Waals surface area contributed by atoms with Crippen molar-refractivity contribution in [3.05, 3.63) is 36.5 Å². The van der Waals surface area contributed by atoms with E-state index in [0.717, 1.165) is 59.3 Å². The largest absolute Gasteiger partial charge is 0.455 e. The highest BCUT2D eigenvalue weighted by molar-refractivity contribution is 6.89. The van der Waals surface area contributed by atoms with Gasteiger partial charge >= 0.3 is 17.1 Å². The minimum Gasteiger partial charge on any atom is -0.455 e. The summed E-state index contributed by atoms with van der Waals surface area (Å²) in [6, 6.07) is 3.87. The van der Waals surface area contributed by atoms with Gasteiger partial charge in [0.2, 0.25) is 0 Å². The molecule has 50 heavy (non-hydrogen) atoms. The Morgan fingerprint density at radius 2 is 0.760 bits per heavy atom. The number of hydrogen-bond acceptors (Lipinski definition) is 4. The lowest BCUT2D eigenvalue weighted by Crippen LogP contribution is -2.56. The molecule has 0 aromatic rings. The monoisotopic (exact) mass is 790 g/mol. The molecular formula is C40H78O4Si6. The molecule has 0 spiro atoms. The maximum absolute atomic E-state index is 6.95. The molecule has 6 rings (SSSR count). The van der Waals surface area contributed by atoms with Crippen LogP contribution in [0.25, 0.3) is 0 Å². The van der Waals surface area contributed by atoms with Crippen molar-refractivity contribution in [2.24, 2.45) is 53.3 Å². The van der Waals surface area contributed by atoms with Crippen LogP contribution in [0, 0.1) is 53.3 Å². The van der Waals surface area contributed by atoms with Gasteiger partial charge in [0.25, 0.3) is 0 Å². The molecule has 0 aromatic carbocycles. The Kier molecular flexibility index (Phi) is 13.2. The number of allylic oxidation sites excluding steroid dienone is 6. The molecular weight excluding hydrogens is 713 g/mol. The maximum atomic E-state index is 6.95. The van der Waals surface area contributed by atoms with Crippen LogP contribution >= 0.6 is 0 Å². The summed E-state index contributed by atoms with van der Waals surface area (Å²) >= 11 is 0. The summed E-state index contributed by atoms with van der Waals surface area (Å²) in [6.45, 7) is 30.3. The molecule has 0 N–H and O–H groups in total. The summed E-state index contributed by atoms with van der Waals surface area (Å²) in [4.78, 5) is 0. The fourth-order valence-corrected chi connectivity index (χ4v) is 38.1. The van der Waals surface area contributed by atoms with E-state index in [2.05, 4.69) is 122 Å². The van der Waals surface area contributed by atoms with Crippen LogP contribution in [-0.4, -0.2) is 50.4 Å². The molecule has 3 fully saturated rings. The zero-order valence-electron chi connectivity index (χ0n) is 34.8. The second kappa shape index (κ2) is 15.8. The van der Waals surface area contributed by atoms with Crippen molar-refractivity contribution in [3.8, 4) is 0 Å². The Morgan fingerprint density at radius 1 is 0.400 bits per heavy atom. The molecule has 6 bridgehead atoms. The Morgan fingerprint density at radius 3 is 1.06 bits per heavy atom.